The first-order valence-corrected chi connectivity index (χ1v) is 14.4. The Kier molecular flexibility index (Phi) is 11.9. The lowest BCUT2D eigenvalue weighted by Crippen LogP contribution is -2.54. The molecule has 1 aromatic carbocycles. The summed E-state index contributed by atoms with van der Waals surface area (Å²) >= 11 is 0. The number of rotatable bonds is 14. The average Bonchev–Trinajstić information content (AvgIpc) is 3.59. The van der Waals surface area contributed by atoms with E-state index in [1.165, 1.54) is 18.2 Å². The third-order valence-corrected chi connectivity index (χ3v) is 6.73. The van der Waals surface area contributed by atoms with Gasteiger partial charge in [0.1, 0.15) is 23.2 Å². The zero-order valence-electron chi connectivity index (χ0n) is 24.7. The maximum atomic E-state index is 13.7. The topological polar surface area (TPSA) is 116 Å². The van der Waals surface area contributed by atoms with E-state index in [4.69, 9.17) is 18.6 Å². The van der Waals surface area contributed by atoms with Gasteiger partial charge in [0.25, 0.3) is 5.91 Å². The quantitative estimate of drug-likeness (QED) is 0.230. The second-order valence-corrected chi connectivity index (χ2v) is 11.3. The number of hydrogen-bond donors (Lipinski definition) is 2. The van der Waals surface area contributed by atoms with Gasteiger partial charge in [-0.1, -0.05) is 37.8 Å². The molecule has 3 rings (SSSR count). The van der Waals surface area contributed by atoms with Gasteiger partial charge < -0.3 is 29.3 Å². The van der Waals surface area contributed by atoms with Crippen molar-refractivity contribution >= 4 is 17.8 Å². The minimum absolute atomic E-state index is 0.000275. The van der Waals surface area contributed by atoms with Gasteiger partial charge >= 0.3 is 5.97 Å². The van der Waals surface area contributed by atoms with Crippen LogP contribution in [0, 0.1) is 11.7 Å². The first-order chi connectivity index (χ1) is 19.5. The average molecular weight is 575 g/mol. The number of furan rings is 1. The van der Waals surface area contributed by atoms with Crippen LogP contribution in [0.5, 0.6) is 0 Å². The van der Waals surface area contributed by atoms with Crippen LogP contribution in [0.3, 0.4) is 0 Å². The molecule has 1 heterocycles. The molecular formula is C31H43FN2O7. The van der Waals surface area contributed by atoms with Crippen LogP contribution < -0.4 is 10.6 Å². The molecule has 0 unspecified atom stereocenters. The Morgan fingerprint density at radius 1 is 1.02 bits per heavy atom. The highest BCUT2D eigenvalue weighted by Gasteiger charge is 2.34. The van der Waals surface area contributed by atoms with E-state index in [9.17, 15) is 18.8 Å². The largest absolute Gasteiger partial charge is 0.460 e. The summed E-state index contributed by atoms with van der Waals surface area (Å²) in [6.45, 7) is 9.50. The van der Waals surface area contributed by atoms with Crippen LogP contribution in [0.4, 0.5) is 4.39 Å². The zero-order valence-corrected chi connectivity index (χ0v) is 24.7. The summed E-state index contributed by atoms with van der Waals surface area (Å²) in [5, 5.41) is 5.71. The fourth-order valence-electron chi connectivity index (χ4n) is 4.97. The fourth-order valence-corrected chi connectivity index (χ4v) is 4.97. The SMILES string of the molecule is CCOC(OCC)[C@H](CC(=O)OC(C)(C)C)NC(=O)[C@H](CC1CCCC1)NC(=O)c1ccc(-c2cccc(F)c2)o1. The minimum atomic E-state index is -0.890. The molecule has 2 amide bonds. The van der Waals surface area contributed by atoms with E-state index in [1.807, 2.05) is 0 Å². The third kappa shape index (κ3) is 10.3. The zero-order chi connectivity index (χ0) is 30.0. The molecule has 1 aliphatic rings. The molecule has 0 aliphatic heterocycles. The van der Waals surface area contributed by atoms with Crippen LogP contribution in [0.2, 0.25) is 0 Å². The molecule has 1 aliphatic carbocycles. The summed E-state index contributed by atoms with van der Waals surface area (Å²) < 4.78 is 36.3. The van der Waals surface area contributed by atoms with Crippen molar-refractivity contribution in [2.24, 2.45) is 5.92 Å². The molecule has 226 valence electrons. The van der Waals surface area contributed by atoms with Crippen molar-refractivity contribution in [3.8, 4) is 11.3 Å². The van der Waals surface area contributed by atoms with E-state index >= 15 is 0 Å². The van der Waals surface area contributed by atoms with Gasteiger partial charge in [0.2, 0.25) is 5.91 Å². The Hall–Kier alpha value is -3.24. The van der Waals surface area contributed by atoms with Gasteiger partial charge in [-0.25, -0.2) is 4.39 Å². The smallest absolute Gasteiger partial charge is 0.308 e. The summed E-state index contributed by atoms with van der Waals surface area (Å²) in [6.07, 6.45) is 3.44. The summed E-state index contributed by atoms with van der Waals surface area (Å²) in [4.78, 5) is 39.6. The van der Waals surface area contributed by atoms with Gasteiger partial charge in [0.15, 0.2) is 12.1 Å². The molecule has 2 atom stereocenters. The Labute approximate surface area is 241 Å². The van der Waals surface area contributed by atoms with Crippen LogP contribution in [-0.4, -0.2) is 55.0 Å². The maximum absolute atomic E-state index is 13.7. The first kappa shape index (κ1) is 32.3. The molecule has 0 spiro atoms. The summed E-state index contributed by atoms with van der Waals surface area (Å²) in [7, 11) is 0. The van der Waals surface area contributed by atoms with E-state index in [0.29, 0.717) is 31.0 Å². The Morgan fingerprint density at radius 2 is 1.71 bits per heavy atom. The molecule has 10 heteroatoms. The van der Waals surface area contributed by atoms with Crippen LogP contribution in [0.15, 0.2) is 40.8 Å². The van der Waals surface area contributed by atoms with Crippen molar-refractivity contribution < 1.29 is 37.4 Å². The molecule has 1 aromatic heterocycles. The summed E-state index contributed by atoms with van der Waals surface area (Å²) in [6, 6.07) is 7.21. The van der Waals surface area contributed by atoms with Crippen molar-refractivity contribution in [2.75, 3.05) is 13.2 Å². The number of nitrogens with one attached hydrogen (secondary N) is 2. The second-order valence-electron chi connectivity index (χ2n) is 11.3. The van der Waals surface area contributed by atoms with Crippen LogP contribution in [-0.2, 0) is 23.8 Å². The minimum Gasteiger partial charge on any atom is -0.460 e. The molecule has 41 heavy (non-hydrogen) atoms. The van der Waals surface area contributed by atoms with Crippen molar-refractivity contribution in [3.63, 3.8) is 0 Å². The Morgan fingerprint density at radius 3 is 2.32 bits per heavy atom. The number of carbonyl (C=O) groups excluding carboxylic acids is 3. The van der Waals surface area contributed by atoms with Crippen LogP contribution in [0.25, 0.3) is 11.3 Å². The molecule has 9 nitrogen and oxygen atoms in total. The molecular weight excluding hydrogens is 531 g/mol. The van der Waals surface area contributed by atoms with Crippen LogP contribution >= 0.6 is 0 Å². The summed E-state index contributed by atoms with van der Waals surface area (Å²) in [5.41, 5.74) is -0.211. The van der Waals surface area contributed by atoms with E-state index in [2.05, 4.69) is 10.6 Å². The number of esters is 1. The fraction of sp³-hybridized carbons (Fsp3) is 0.581. The van der Waals surface area contributed by atoms with Gasteiger partial charge in [-0.2, -0.15) is 0 Å². The molecule has 1 fully saturated rings. The van der Waals surface area contributed by atoms with Crippen molar-refractivity contribution in [1.82, 2.24) is 10.6 Å². The number of ether oxygens (including phenoxy) is 3. The van der Waals surface area contributed by atoms with Crippen molar-refractivity contribution in [2.45, 2.75) is 97.1 Å². The number of halogens is 1. The number of carbonyl (C=O) groups is 3. The lowest BCUT2D eigenvalue weighted by molar-refractivity contribution is -0.172. The van der Waals surface area contributed by atoms with Gasteiger partial charge in [0, 0.05) is 18.8 Å². The molecule has 0 radical (unpaired) electrons. The highest BCUT2D eigenvalue weighted by molar-refractivity contribution is 5.96. The predicted molar refractivity (Wildman–Crippen MR) is 151 cm³/mol. The predicted octanol–water partition coefficient (Wildman–Crippen LogP) is 5.38. The second kappa shape index (κ2) is 15.1. The highest BCUT2D eigenvalue weighted by atomic mass is 19.1. The van der Waals surface area contributed by atoms with E-state index < -0.39 is 47.6 Å². The van der Waals surface area contributed by atoms with Gasteiger partial charge in [-0.05, 0) is 71.2 Å². The van der Waals surface area contributed by atoms with E-state index in [0.717, 1.165) is 25.7 Å². The molecule has 2 aromatic rings. The van der Waals surface area contributed by atoms with Crippen molar-refractivity contribution in [1.29, 1.82) is 0 Å². The third-order valence-electron chi connectivity index (χ3n) is 6.73. The highest BCUT2D eigenvalue weighted by Crippen LogP contribution is 2.29. The molecule has 2 N–H and O–H groups in total. The van der Waals surface area contributed by atoms with Crippen molar-refractivity contribution in [3.05, 3.63) is 48.0 Å². The van der Waals surface area contributed by atoms with Gasteiger partial charge in [0.05, 0.1) is 12.5 Å². The van der Waals surface area contributed by atoms with Crippen LogP contribution in [0.1, 0.15) is 83.7 Å². The molecule has 1 saturated carbocycles. The lowest BCUT2D eigenvalue weighted by atomic mass is 9.97. The van der Waals surface area contributed by atoms with E-state index in [1.54, 1.807) is 52.8 Å². The number of benzene rings is 1. The Bertz CT molecular complexity index is 1150. The molecule has 0 saturated heterocycles. The lowest BCUT2D eigenvalue weighted by Gasteiger charge is -2.30. The van der Waals surface area contributed by atoms with Gasteiger partial charge in [-0.3, -0.25) is 14.4 Å². The molecule has 0 bridgehead atoms. The van der Waals surface area contributed by atoms with E-state index in [-0.39, 0.29) is 18.1 Å². The first-order valence-electron chi connectivity index (χ1n) is 14.4. The Balaban J connectivity index is 1.79. The van der Waals surface area contributed by atoms with Gasteiger partial charge in [-0.15, -0.1) is 0 Å². The summed E-state index contributed by atoms with van der Waals surface area (Å²) in [5.74, 6) is -1.36. The maximum Gasteiger partial charge on any atom is 0.308 e. The number of hydrogen-bond acceptors (Lipinski definition) is 7. The number of amides is 2. The standard InChI is InChI=1S/C31H43FN2O7/c1-6-38-30(39-7-2)24(19-27(35)41-31(3,4)5)34-28(36)23(17-20-11-8-9-12-20)33-29(37)26-16-15-25(40-26)21-13-10-14-22(32)18-21/h10,13-16,18,20,23-24,30H,6-9,11-12,17,19H2,1-5H3,(H,33,37)(H,34,36)/t23-,24-/m0/s1. The monoisotopic (exact) mass is 574 g/mol. The normalized spacial score (nSPS) is 15.5.